The number of hydrogen-bond acceptors (Lipinski definition) is 11. The van der Waals surface area contributed by atoms with E-state index in [2.05, 4.69) is 26.6 Å². The second-order valence-electron chi connectivity index (χ2n) is 18.2. The summed E-state index contributed by atoms with van der Waals surface area (Å²) < 4.78 is 5.93. The van der Waals surface area contributed by atoms with Gasteiger partial charge in [0.25, 0.3) is 0 Å². The maximum absolute atomic E-state index is 14.8. The highest BCUT2D eigenvalue weighted by Gasteiger charge is 2.44. The van der Waals surface area contributed by atoms with Crippen LogP contribution >= 0.6 is 0 Å². The lowest BCUT2D eigenvalue weighted by Crippen LogP contribution is -2.62. The van der Waals surface area contributed by atoms with Crippen LogP contribution in [-0.4, -0.2) is 124 Å². The standard InChI is InChI=1S/C47H72N8O11/c1-11-26(6)37-47(65)66-29(9)38(53-41(59)32(20-21-36(48)57)49-40(58)28(8)13-3)44(62)51-34(23-25(4)5)42(60)50-33-15-14-22-55(45(33)63)39(27(7)12-2)46(64)54(10)35(43(61)52-37)24-30-16-18-31(56)19-17-30/h14,16-19,22,25-29,32-35,37-39,56H,11-13,15,20-21,23-24H2,1-10H3,(H2,48,57)(H,49,58)(H,50,60)(H,51,62)(H,52,61)(H,53,59)/t26?,27?,28?,29-,32+,33+,34+,35?,37+,38+,39?/m1/s1. The molecule has 5 unspecified atom stereocenters. The van der Waals surface area contributed by atoms with E-state index in [9.17, 15) is 48.3 Å². The molecule has 0 saturated carbocycles. The highest BCUT2D eigenvalue weighted by Crippen LogP contribution is 2.25. The van der Waals surface area contributed by atoms with Crippen molar-refractivity contribution in [1.29, 1.82) is 0 Å². The number of esters is 1. The molecule has 8 N–H and O–H groups in total. The number of nitrogens with two attached hydrogens (primary N) is 1. The van der Waals surface area contributed by atoms with Gasteiger partial charge in [-0.1, -0.05) is 86.4 Å². The molecule has 0 aromatic heterocycles. The fourth-order valence-electron chi connectivity index (χ4n) is 7.68. The number of fused-ring (bicyclic) bond motifs is 2. The molecule has 0 radical (unpaired) electrons. The Labute approximate surface area is 388 Å². The second kappa shape index (κ2) is 25.0. The van der Waals surface area contributed by atoms with E-state index in [-0.39, 0.29) is 43.8 Å². The van der Waals surface area contributed by atoms with Gasteiger partial charge in [0.1, 0.15) is 54.1 Å². The van der Waals surface area contributed by atoms with Crippen LogP contribution in [0.15, 0.2) is 36.5 Å². The normalized spacial score (nSPS) is 25.5. The minimum absolute atomic E-state index is 0.0218. The molecule has 1 fully saturated rings. The second-order valence-corrected chi connectivity index (χ2v) is 18.2. The van der Waals surface area contributed by atoms with E-state index in [0.717, 1.165) is 0 Å². The lowest BCUT2D eigenvalue weighted by atomic mass is 9.93. The van der Waals surface area contributed by atoms with Crippen molar-refractivity contribution in [3.05, 3.63) is 42.1 Å². The molecule has 2 aliphatic heterocycles. The van der Waals surface area contributed by atoms with E-state index < -0.39 is 119 Å². The van der Waals surface area contributed by atoms with Gasteiger partial charge in [0.2, 0.25) is 47.3 Å². The van der Waals surface area contributed by atoms with Crippen LogP contribution in [0.5, 0.6) is 5.75 Å². The first-order chi connectivity index (χ1) is 31.0. The first kappa shape index (κ1) is 54.3. The zero-order valence-electron chi connectivity index (χ0n) is 40.1. The summed E-state index contributed by atoms with van der Waals surface area (Å²) in [6.07, 6.45) is 2.43. The van der Waals surface area contributed by atoms with E-state index in [1.54, 1.807) is 52.8 Å². The number of nitrogens with one attached hydrogen (secondary N) is 5. The molecule has 1 aromatic carbocycles. The molecule has 11 atom stereocenters. The maximum atomic E-state index is 14.8. The molecule has 1 saturated heterocycles. The SMILES string of the molecule is CCC(C)C(=O)N[C@@H](CCC(N)=O)C(=O)N[C@@H]1C(=O)N[C@@H](CC(C)C)C(=O)N[C@H]2CC=CN(C2=O)C(C(C)CC)C(=O)N(C)C(Cc2ccc(O)cc2)C(=O)N[C@@H](C(C)CC)C(=O)O[C@@H]1C. The van der Waals surface area contributed by atoms with Crippen molar-refractivity contribution in [2.45, 2.75) is 162 Å². The smallest absolute Gasteiger partial charge is 0.329 e. The van der Waals surface area contributed by atoms with Crippen LogP contribution in [0, 0.1) is 23.7 Å². The summed E-state index contributed by atoms with van der Waals surface area (Å²) in [5, 5.41) is 23.4. The quantitative estimate of drug-likeness (QED) is 0.117. The van der Waals surface area contributed by atoms with Crippen molar-refractivity contribution < 1.29 is 53.0 Å². The van der Waals surface area contributed by atoms with E-state index in [4.69, 9.17) is 10.5 Å². The number of rotatable bonds is 16. The van der Waals surface area contributed by atoms with Crippen LogP contribution in [0.1, 0.15) is 113 Å². The molecule has 2 aliphatic rings. The summed E-state index contributed by atoms with van der Waals surface area (Å²) in [4.78, 5) is 128. The average molecular weight is 925 g/mol. The third kappa shape index (κ3) is 14.8. The van der Waals surface area contributed by atoms with Crippen LogP contribution < -0.4 is 32.3 Å². The van der Waals surface area contributed by atoms with Gasteiger partial charge in [0, 0.05) is 32.0 Å². The summed E-state index contributed by atoms with van der Waals surface area (Å²) >= 11 is 0. The lowest BCUT2D eigenvalue weighted by molar-refractivity contribution is -0.158. The number of aromatic hydroxyl groups is 1. The van der Waals surface area contributed by atoms with Crippen LogP contribution in [-0.2, 0) is 54.3 Å². The fourth-order valence-corrected chi connectivity index (χ4v) is 7.68. The predicted octanol–water partition coefficient (Wildman–Crippen LogP) is 1.70. The largest absolute Gasteiger partial charge is 0.508 e. The minimum atomic E-state index is -1.71. The van der Waals surface area contributed by atoms with Gasteiger partial charge < -0.3 is 52.0 Å². The molecule has 2 bridgehead atoms. The van der Waals surface area contributed by atoms with Crippen molar-refractivity contribution in [2.24, 2.45) is 29.4 Å². The molecular weight excluding hydrogens is 853 g/mol. The van der Waals surface area contributed by atoms with Crippen molar-refractivity contribution in [3.8, 4) is 5.75 Å². The Morgan fingerprint density at radius 2 is 1.48 bits per heavy atom. The Morgan fingerprint density at radius 1 is 0.848 bits per heavy atom. The predicted molar refractivity (Wildman–Crippen MR) is 244 cm³/mol. The number of likely N-dealkylation sites (N-methyl/N-ethyl adjacent to an activating group) is 1. The number of benzene rings is 1. The molecule has 19 nitrogen and oxygen atoms in total. The molecule has 19 heteroatoms. The highest BCUT2D eigenvalue weighted by atomic mass is 16.5. The van der Waals surface area contributed by atoms with Gasteiger partial charge in [0.15, 0.2) is 0 Å². The summed E-state index contributed by atoms with van der Waals surface area (Å²) in [6.45, 7) is 15.5. The topological polar surface area (TPSA) is 276 Å². The third-order valence-electron chi connectivity index (χ3n) is 12.6. The number of nitrogens with zero attached hydrogens (tertiary/aromatic N) is 2. The maximum Gasteiger partial charge on any atom is 0.329 e. The number of cyclic esters (lactones) is 1. The van der Waals surface area contributed by atoms with Gasteiger partial charge in [-0.2, -0.15) is 0 Å². The van der Waals surface area contributed by atoms with E-state index in [1.165, 1.54) is 42.1 Å². The Morgan fingerprint density at radius 3 is 2.06 bits per heavy atom. The summed E-state index contributed by atoms with van der Waals surface area (Å²) in [5.74, 6) is -8.49. The Kier molecular flexibility index (Phi) is 20.6. The number of primary amides is 1. The average Bonchev–Trinajstić information content (AvgIpc) is 3.27. The van der Waals surface area contributed by atoms with E-state index >= 15 is 0 Å². The third-order valence-corrected chi connectivity index (χ3v) is 12.6. The highest BCUT2D eigenvalue weighted by molar-refractivity contribution is 5.99. The van der Waals surface area contributed by atoms with Crippen LogP contribution in [0.25, 0.3) is 0 Å². The number of phenolic OH excluding ortho intramolecular Hbond substituents is 1. The van der Waals surface area contributed by atoms with E-state index in [0.29, 0.717) is 24.8 Å². The van der Waals surface area contributed by atoms with Crippen molar-refractivity contribution in [1.82, 2.24) is 36.4 Å². The van der Waals surface area contributed by atoms with Crippen molar-refractivity contribution in [3.63, 3.8) is 0 Å². The molecule has 8 amide bonds. The number of hydrogen-bond donors (Lipinski definition) is 7. The van der Waals surface area contributed by atoms with E-state index in [1.807, 2.05) is 20.8 Å². The van der Waals surface area contributed by atoms with Gasteiger partial charge in [-0.25, -0.2) is 4.79 Å². The zero-order chi connectivity index (χ0) is 49.6. The summed E-state index contributed by atoms with van der Waals surface area (Å²) in [7, 11) is 1.43. The summed E-state index contributed by atoms with van der Waals surface area (Å²) in [6, 6.07) is -3.22. The molecule has 366 valence electrons. The molecular formula is C47H72N8O11. The first-order valence-electron chi connectivity index (χ1n) is 23.1. The van der Waals surface area contributed by atoms with Gasteiger partial charge >= 0.3 is 5.97 Å². The zero-order valence-corrected chi connectivity index (χ0v) is 40.1. The number of carbonyl (C=O) groups is 9. The lowest BCUT2D eigenvalue weighted by Gasteiger charge is -2.40. The minimum Gasteiger partial charge on any atom is -0.508 e. The molecule has 66 heavy (non-hydrogen) atoms. The molecule has 0 aliphatic carbocycles. The van der Waals surface area contributed by atoms with Gasteiger partial charge in [-0.3, -0.25) is 38.4 Å². The summed E-state index contributed by atoms with van der Waals surface area (Å²) in [5.41, 5.74) is 5.97. The van der Waals surface area contributed by atoms with Crippen LogP contribution in [0.3, 0.4) is 0 Å². The monoisotopic (exact) mass is 925 g/mol. The van der Waals surface area contributed by atoms with Crippen LogP contribution in [0.2, 0.25) is 0 Å². The van der Waals surface area contributed by atoms with Crippen molar-refractivity contribution in [2.75, 3.05) is 7.05 Å². The fraction of sp³-hybridized carbons (Fsp3) is 0.638. The number of ether oxygens (including phenoxy) is 1. The number of carbonyl (C=O) groups excluding carboxylic acids is 9. The Hall–Kier alpha value is -6.01. The van der Waals surface area contributed by atoms with Gasteiger partial charge in [-0.05, 0) is 68.1 Å². The number of amides is 8. The molecule has 2 heterocycles. The first-order valence-corrected chi connectivity index (χ1v) is 23.1. The van der Waals surface area contributed by atoms with Crippen LogP contribution in [0.4, 0.5) is 0 Å². The molecule has 0 spiro atoms. The number of phenols is 1. The van der Waals surface area contributed by atoms with Crippen molar-refractivity contribution >= 4 is 53.2 Å². The molecule has 1 aromatic rings. The Balaban J connectivity index is 2.25. The Bertz CT molecular complexity index is 1940. The molecule has 3 rings (SSSR count). The van der Waals surface area contributed by atoms with Gasteiger partial charge in [-0.15, -0.1) is 0 Å². The van der Waals surface area contributed by atoms with Gasteiger partial charge in [0.05, 0.1) is 0 Å².